The van der Waals surface area contributed by atoms with Crippen LogP contribution in [0.2, 0.25) is 0 Å². The van der Waals surface area contributed by atoms with Crippen LogP contribution in [-0.2, 0) is 13.0 Å². The van der Waals surface area contributed by atoms with Crippen LogP contribution in [0.3, 0.4) is 0 Å². The van der Waals surface area contributed by atoms with Crippen LogP contribution in [0.15, 0.2) is 35.6 Å². The number of rotatable bonds is 5. The van der Waals surface area contributed by atoms with E-state index in [1.165, 1.54) is 5.56 Å². The summed E-state index contributed by atoms with van der Waals surface area (Å²) in [5.41, 5.74) is 2.06. The molecule has 1 aliphatic rings. The molecule has 0 aliphatic carbocycles. The van der Waals surface area contributed by atoms with Gasteiger partial charge in [0, 0.05) is 19.0 Å². The van der Waals surface area contributed by atoms with Gasteiger partial charge < -0.3 is 15.7 Å². The topological polar surface area (TPSA) is 87.4 Å². The third-order valence-electron chi connectivity index (χ3n) is 4.37. The number of nitrogens with zero attached hydrogens (tertiary/aromatic N) is 4. The standard InChI is InChI=1S/C18H26N6O/c1-3-19-18(20-10-16(25)14-6-4-13(2)5-7-14)23-15-8-9-17-21-12-22-24(17)11-15/h4-7,12,15-16,25H,3,8-11H2,1-2H3,(H2,19,20,23). The zero-order valence-corrected chi connectivity index (χ0v) is 14.8. The molecule has 25 heavy (non-hydrogen) atoms. The summed E-state index contributed by atoms with van der Waals surface area (Å²) >= 11 is 0. The number of guanidine groups is 1. The lowest BCUT2D eigenvalue weighted by Crippen LogP contribution is -2.47. The second-order valence-electron chi connectivity index (χ2n) is 6.38. The highest BCUT2D eigenvalue weighted by Gasteiger charge is 2.20. The summed E-state index contributed by atoms with van der Waals surface area (Å²) in [5, 5.41) is 21.3. The number of aliphatic imine (C=N–C) groups is 1. The van der Waals surface area contributed by atoms with Gasteiger partial charge >= 0.3 is 0 Å². The van der Waals surface area contributed by atoms with E-state index in [1.54, 1.807) is 6.33 Å². The van der Waals surface area contributed by atoms with E-state index in [4.69, 9.17) is 0 Å². The molecule has 0 saturated carbocycles. The summed E-state index contributed by atoms with van der Waals surface area (Å²) in [7, 11) is 0. The molecule has 2 atom stereocenters. The van der Waals surface area contributed by atoms with E-state index >= 15 is 0 Å². The first-order valence-corrected chi connectivity index (χ1v) is 8.82. The summed E-state index contributed by atoms with van der Waals surface area (Å²) in [6.07, 6.45) is 2.89. The Kier molecular flexibility index (Phi) is 5.65. The van der Waals surface area contributed by atoms with Gasteiger partial charge in [-0.05, 0) is 25.8 Å². The fourth-order valence-corrected chi connectivity index (χ4v) is 2.94. The van der Waals surface area contributed by atoms with E-state index in [9.17, 15) is 5.11 Å². The van der Waals surface area contributed by atoms with Gasteiger partial charge in [0.2, 0.25) is 0 Å². The summed E-state index contributed by atoms with van der Waals surface area (Å²) in [4.78, 5) is 8.80. The molecule has 7 heteroatoms. The van der Waals surface area contributed by atoms with Gasteiger partial charge in [0.15, 0.2) is 5.96 Å². The van der Waals surface area contributed by atoms with Crippen molar-refractivity contribution in [3.05, 3.63) is 47.5 Å². The van der Waals surface area contributed by atoms with Gasteiger partial charge in [-0.15, -0.1) is 0 Å². The zero-order valence-electron chi connectivity index (χ0n) is 14.8. The molecule has 1 aromatic heterocycles. The van der Waals surface area contributed by atoms with E-state index < -0.39 is 6.10 Å². The van der Waals surface area contributed by atoms with E-state index in [-0.39, 0.29) is 6.04 Å². The first kappa shape index (κ1) is 17.4. The Morgan fingerprint density at radius 2 is 2.20 bits per heavy atom. The second kappa shape index (κ2) is 8.11. The maximum atomic E-state index is 10.4. The SMILES string of the molecule is CCNC(=NCC(O)c1ccc(C)cc1)NC1CCc2ncnn2C1. The Morgan fingerprint density at radius 3 is 2.96 bits per heavy atom. The van der Waals surface area contributed by atoms with E-state index in [2.05, 4.69) is 25.7 Å². The fourth-order valence-electron chi connectivity index (χ4n) is 2.94. The normalized spacial score (nSPS) is 18.5. The monoisotopic (exact) mass is 342 g/mol. The van der Waals surface area contributed by atoms with Gasteiger partial charge in [-0.1, -0.05) is 29.8 Å². The number of hydrogen-bond acceptors (Lipinski definition) is 4. The number of aliphatic hydroxyl groups excluding tert-OH is 1. The van der Waals surface area contributed by atoms with Crippen molar-refractivity contribution in [2.24, 2.45) is 4.99 Å². The maximum Gasteiger partial charge on any atom is 0.191 e. The Hall–Kier alpha value is -2.41. The highest BCUT2D eigenvalue weighted by Crippen LogP contribution is 2.14. The van der Waals surface area contributed by atoms with Crippen molar-refractivity contribution in [1.82, 2.24) is 25.4 Å². The number of aryl methyl sites for hydroxylation is 2. The molecule has 3 N–H and O–H groups in total. The number of hydrogen-bond donors (Lipinski definition) is 3. The van der Waals surface area contributed by atoms with Crippen molar-refractivity contribution >= 4 is 5.96 Å². The lowest BCUT2D eigenvalue weighted by atomic mass is 10.1. The average molecular weight is 342 g/mol. The van der Waals surface area contributed by atoms with Crippen LogP contribution in [0.5, 0.6) is 0 Å². The molecule has 1 aromatic carbocycles. The lowest BCUT2D eigenvalue weighted by Gasteiger charge is -2.25. The molecule has 0 bridgehead atoms. The van der Waals surface area contributed by atoms with Crippen molar-refractivity contribution in [2.45, 2.75) is 45.4 Å². The largest absolute Gasteiger partial charge is 0.386 e. The number of fused-ring (bicyclic) bond motifs is 1. The molecule has 2 heterocycles. The van der Waals surface area contributed by atoms with Gasteiger partial charge in [-0.2, -0.15) is 5.10 Å². The Morgan fingerprint density at radius 1 is 1.40 bits per heavy atom. The molecule has 0 saturated heterocycles. The van der Waals surface area contributed by atoms with E-state index in [0.29, 0.717) is 6.54 Å². The van der Waals surface area contributed by atoms with Crippen molar-refractivity contribution < 1.29 is 5.11 Å². The third-order valence-corrected chi connectivity index (χ3v) is 4.37. The van der Waals surface area contributed by atoms with Gasteiger partial charge in [-0.25, -0.2) is 9.67 Å². The molecule has 1 aliphatic heterocycles. The number of aliphatic hydroxyl groups is 1. The van der Waals surface area contributed by atoms with Gasteiger partial charge in [0.05, 0.1) is 19.2 Å². The van der Waals surface area contributed by atoms with Crippen LogP contribution in [0, 0.1) is 6.92 Å². The predicted molar refractivity (Wildman–Crippen MR) is 97.4 cm³/mol. The van der Waals surface area contributed by atoms with Crippen molar-refractivity contribution in [2.75, 3.05) is 13.1 Å². The van der Waals surface area contributed by atoms with Crippen molar-refractivity contribution in [1.29, 1.82) is 0 Å². The number of aromatic nitrogens is 3. The van der Waals surface area contributed by atoms with Gasteiger partial charge in [0.1, 0.15) is 12.2 Å². The molecule has 2 unspecified atom stereocenters. The average Bonchev–Trinajstić information content (AvgIpc) is 3.08. The lowest BCUT2D eigenvalue weighted by molar-refractivity contribution is 0.187. The smallest absolute Gasteiger partial charge is 0.191 e. The minimum absolute atomic E-state index is 0.253. The third kappa shape index (κ3) is 4.57. The minimum atomic E-state index is -0.607. The first-order chi connectivity index (χ1) is 12.2. The summed E-state index contributed by atoms with van der Waals surface area (Å²) in [6.45, 7) is 5.93. The predicted octanol–water partition coefficient (Wildman–Crippen LogP) is 1.19. The molecule has 0 fully saturated rings. The quantitative estimate of drug-likeness (QED) is 0.561. The molecular weight excluding hydrogens is 316 g/mol. The molecule has 7 nitrogen and oxygen atoms in total. The minimum Gasteiger partial charge on any atom is -0.386 e. The fraction of sp³-hybridized carbons (Fsp3) is 0.500. The molecule has 134 valence electrons. The summed E-state index contributed by atoms with van der Waals surface area (Å²) in [6, 6.07) is 8.16. The number of nitrogens with one attached hydrogen (secondary N) is 2. The van der Waals surface area contributed by atoms with Crippen LogP contribution in [0.25, 0.3) is 0 Å². The van der Waals surface area contributed by atoms with Crippen LogP contribution >= 0.6 is 0 Å². The molecule has 0 spiro atoms. The highest BCUT2D eigenvalue weighted by molar-refractivity contribution is 5.80. The molecule has 3 rings (SSSR count). The Labute approximate surface area is 148 Å². The van der Waals surface area contributed by atoms with Crippen LogP contribution < -0.4 is 10.6 Å². The van der Waals surface area contributed by atoms with Crippen molar-refractivity contribution in [3.63, 3.8) is 0 Å². The highest BCUT2D eigenvalue weighted by atomic mass is 16.3. The van der Waals surface area contributed by atoms with Gasteiger partial charge in [-0.3, -0.25) is 4.99 Å². The van der Waals surface area contributed by atoms with Crippen LogP contribution in [0.1, 0.15) is 36.4 Å². The number of benzene rings is 1. The van der Waals surface area contributed by atoms with Gasteiger partial charge in [0.25, 0.3) is 0 Å². The Balaban J connectivity index is 1.60. The summed E-state index contributed by atoms with van der Waals surface area (Å²) < 4.78 is 1.94. The molecule has 2 aromatic rings. The first-order valence-electron chi connectivity index (χ1n) is 8.82. The second-order valence-corrected chi connectivity index (χ2v) is 6.38. The molecule has 0 amide bonds. The van der Waals surface area contributed by atoms with Crippen LogP contribution in [0.4, 0.5) is 0 Å². The molecular formula is C18H26N6O. The zero-order chi connectivity index (χ0) is 17.6. The van der Waals surface area contributed by atoms with Crippen molar-refractivity contribution in [3.8, 4) is 0 Å². The maximum absolute atomic E-state index is 10.4. The summed E-state index contributed by atoms with van der Waals surface area (Å²) in [5.74, 6) is 1.76. The molecule has 0 radical (unpaired) electrons. The van der Waals surface area contributed by atoms with E-state index in [0.717, 1.165) is 43.3 Å². The Bertz CT molecular complexity index is 709. The van der Waals surface area contributed by atoms with Crippen LogP contribution in [-0.4, -0.2) is 45.0 Å². The van der Waals surface area contributed by atoms with E-state index in [1.807, 2.05) is 42.8 Å².